The molecule has 0 saturated carbocycles. The van der Waals surface area contributed by atoms with E-state index in [2.05, 4.69) is 10.1 Å². The van der Waals surface area contributed by atoms with Gasteiger partial charge in [0.15, 0.2) is 0 Å². The first-order valence-electron chi connectivity index (χ1n) is 8.04. The van der Waals surface area contributed by atoms with E-state index in [1.807, 2.05) is 19.1 Å². The SMILES string of the molecule is C[C@@H]1CN(C(=O)c2ccno2)C[C@]12CCN(c1cccnc1)C2=O. The molecule has 24 heavy (non-hydrogen) atoms. The Hall–Kier alpha value is -2.70. The lowest BCUT2D eigenvalue weighted by molar-refractivity contribution is -0.126. The molecule has 0 N–H and O–H groups in total. The van der Waals surface area contributed by atoms with Crippen molar-refractivity contribution in [1.82, 2.24) is 15.0 Å². The molecule has 2 saturated heterocycles. The molecule has 1 spiro atoms. The van der Waals surface area contributed by atoms with Crippen molar-refractivity contribution < 1.29 is 14.1 Å². The van der Waals surface area contributed by atoms with Gasteiger partial charge in [-0.1, -0.05) is 12.1 Å². The maximum absolute atomic E-state index is 13.1. The first-order valence-corrected chi connectivity index (χ1v) is 8.04. The Morgan fingerprint density at radius 1 is 1.38 bits per heavy atom. The molecule has 2 amide bonds. The molecule has 124 valence electrons. The van der Waals surface area contributed by atoms with Crippen molar-refractivity contribution in [3.63, 3.8) is 0 Å². The number of hydrogen-bond acceptors (Lipinski definition) is 5. The lowest BCUT2D eigenvalue weighted by Gasteiger charge is -2.26. The second kappa shape index (κ2) is 5.43. The van der Waals surface area contributed by atoms with Crippen molar-refractivity contribution in [3.8, 4) is 0 Å². The number of carbonyl (C=O) groups excluding carboxylic acids is 2. The molecule has 7 heteroatoms. The Morgan fingerprint density at radius 3 is 2.96 bits per heavy atom. The van der Waals surface area contributed by atoms with Crippen LogP contribution >= 0.6 is 0 Å². The van der Waals surface area contributed by atoms with E-state index in [1.165, 1.54) is 6.20 Å². The summed E-state index contributed by atoms with van der Waals surface area (Å²) in [4.78, 5) is 33.2. The second-order valence-corrected chi connectivity index (χ2v) is 6.54. The summed E-state index contributed by atoms with van der Waals surface area (Å²) >= 11 is 0. The largest absolute Gasteiger partial charge is 0.351 e. The Labute approximate surface area is 139 Å². The lowest BCUT2D eigenvalue weighted by Crippen LogP contribution is -2.40. The van der Waals surface area contributed by atoms with Gasteiger partial charge in [-0.2, -0.15) is 0 Å². The van der Waals surface area contributed by atoms with Gasteiger partial charge in [0.1, 0.15) is 0 Å². The summed E-state index contributed by atoms with van der Waals surface area (Å²) in [6.07, 6.45) is 5.58. The Morgan fingerprint density at radius 2 is 2.25 bits per heavy atom. The van der Waals surface area contributed by atoms with Gasteiger partial charge in [0.05, 0.1) is 23.5 Å². The van der Waals surface area contributed by atoms with E-state index >= 15 is 0 Å². The van der Waals surface area contributed by atoms with Crippen LogP contribution in [-0.4, -0.2) is 46.5 Å². The Kier molecular flexibility index (Phi) is 3.37. The third-order valence-corrected chi connectivity index (χ3v) is 5.26. The van der Waals surface area contributed by atoms with E-state index in [-0.39, 0.29) is 23.5 Å². The predicted octanol–water partition coefficient (Wildman–Crippen LogP) is 1.58. The molecule has 2 aromatic rings. The van der Waals surface area contributed by atoms with Gasteiger partial charge in [0.25, 0.3) is 5.91 Å². The summed E-state index contributed by atoms with van der Waals surface area (Å²) in [6, 6.07) is 5.27. The molecular weight excluding hydrogens is 308 g/mol. The fourth-order valence-corrected chi connectivity index (χ4v) is 3.86. The van der Waals surface area contributed by atoms with Gasteiger partial charge in [-0.25, -0.2) is 0 Å². The van der Waals surface area contributed by atoms with Crippen LogP contribution in [0.3, 0.4) is 0 Å². The number of anilines is 1. The van der Waals surface area contributed by atoms with Crippen molar-refractivity contribution in [3.05, 3.63) is 42.5 Å². The fraction of sp³-hybridized carbons (Fsp3) is 0.412. The minimum absolute atomic E-state index is 0.0795. The molecule has 7 nitrogen and oxygen atoms in total. The summed E-state index contributed by atoms with van der Waals surface area (Å²) in [6.45, 7) is 3.66. The fourth-order valence-electron chi connectivity index (χ4n) is 3.86. The molecule has 0 aromatic carbocycles. The Balaban J connectivity index is 1.58. The number of amides is 2. The molecular formula is C17H18N4O3. The molecule has 2 fully saturated rings. The zero-order valence-corrected chi connectivity index (χ0v) is 13.4. The van der Waals surface area contributed by atoms with Gasteiger partial charge in [-0.05, 0) is 24.5 Å². The molecule has 2 aliphatic heterocycles. The van der Waals surface area contributed by atoms with Crippen molar-refractivity contribution >= 4 is 17.5 Å². The maximum atomic E-state index is 13.1. The average Bonchev–Trinajstić information content (AvgIpc) is 3.31. The highest BCUT2D eigenvalue weighted by atomic mass is 16.5. The van der Waals surface area contributed by atoms with E-state index in [1.54, 1.807) is 28.3 Å². The number of likely N-dealkylation sites (tertiary alicyclic amines) is 1. The van der Waals surface area contributed by atoms with Gasteiger partial charge < -0.3 is 14.3 Å². The number of aromatic nitrogens is 2. The van der Waals surface area contributed by atoms with Crippen molar-refractivity contribution in [2.45, 2.75) is 13.3 Å². The predicted molar refractivity (Wildman–Crippen MR) is 85.2 cm³/mol. The highest BCUT2D eigenvalue weighted by Gasteiger charge is 2.56. The summed E-state index contributed by atoms with van der Waals surface area (Å²) in [5, 5.41) is 3.58. The first-order chi connectivity index (χ1) is 11.6. The molecule has 4 rings (SSSR count). The van der Waals surface area contributed by atoms with Gasteiger partial charge in [-0.15, -0.1) is 0 Å². The van der Waals surface area contributed by atoms with Crippen LogP contribution in [0.4, 0.5) is 5.69 Å². The minimum Gasteiger partial charge on any atom is -0.351 e. The average molecular weight is 326 g/mol. The Bertz CT molecular complexity index is 761. The normalized spacial score (nSPS) is 26.5. The number of rotatable bonds is 2. The number of pyridine rings is 1. The summed E-state index contributed by atoms with van der Waals surface area (Å²) in [5.74, 6) is 0.187. The summed E-state index contributed by atoms with van der Waals surface area (Å²) in [7, 11) is 0. The van der Waals surface area contributed by atoms with Crippen LogP contribution in [0, 0.1) is 11.3 Å². The third kappa shape index (κ3) is 2.11. The van der Waals surface area contributed by atoms with Crippen LogP contribution in [0.15, 0.2) is 41.3 Å². The molecule has 4 heterocycles. The number of carbonyl (C=O) groups is 2. The second-order valence-electron chi connectivity index (χ2n) is 6.54. The maximum Gasteiger partial charge on any atom is 0.292 e. The molecule has 0 bridgehead atoms. The summed E-state index contributed by atoms with van der Waals surface area (Å²) < 4.78 is 4.97. The van der Waals surface area contributed by atoms with Gasteiger partial charge >= 0.3 is 0 Å². The van der Waals surface area contributed by atoms with Gasteiger partial charge in [0, 0.05) is 31.9 Å². The van der Waals surface area contributed by atoms with E-state index < -0.39 is 5.41 Å². The zero-order valence-electron chi connectivity index (χ0n) is 13.4. The van der Waals surface area contributed by atoms with E-state index in [9.17, 15) is 9.59 Å². The van der Waals surface area contributed by atoms with E-state index in [4.69, 9.17) is 4.52 Å². The topological polar surface area (TPSA) is 79.5 Å². The van der Waals surface area contributed by atoms with E-state index in [0.29, 0.717) is 19.6 Å². The van der Waals surface area contributed by atoms with Crippen LogP contribution in [0.25, 0.3) is 0 Å². The van der Waals surface area contributed by atoms with Crippen LogP contribution in [0.5, 0.6) is 0 Å². The molecule has 2 aliphatic rings. The van der Waals surface area contributed by atoms with Crippen molar-refractivity contribution in [1.29, 1.82) is 0 Å². The molecule has 2 aromatic heterocycles. The van der Waals surface area contributed by atoms with Gasteiger partial charge in [0.2, 0.25) is 11.7 Å². The van der Waals surface area contributed by atoms with Crippen molar-refractivity contribution in [2.24, 2.45) is 11.3 Å². The minimum atomic E-state index is -0.522. The molecule has 0 unspecified atom stereocenters. The van der Waals surface area contributed by atoms with Crippen LogP contribution in [0.1, 0.15) is 23.9 Å². The highest BCUT2D eigenvalue weighted by molar-refractivity contribution is 6.01. The quantitative estimate of drug-likeness (QED) is 0.837. The van der Waals surface area contributed by atoms with Crippen LogP contribution in [-0.2, 0) is 4.79 Å². The standard InChI is InChI=1S/C17H18N4O3/c1-12-10-20(15(22)14-4-7-19-24-14)11-17(12)5-8-21(16(17)23)13-3-2-6-18-9-13/h2-4,6-7,9,12H,5,8,10-11H2,1H3/t12-,17-/m1/s1. The number of hydrogen-bond donors (Lipinski definition) is 0. The number of nitrogens with zero attached hydrogens (tertiary/aromatic N) is 4. The zero-order chi connectivity index (χ0) is 16.7. The molecule has 0 aliphatic carbocycles. The van der Waals surface area contributed by atoms with Gasteiger partial charge in [-0.3, -0.25) is 14.6 Å². The lowest BCUT2D eigenvalue weighted by atomic mass is 9.78. The van der Waals surface area contributed by atoms with Crippen LogP contribution in [0.2, 0.25) is 0 Å². The molecule has 2 atom stereocenters. The smallest absolute Gasteiger partial charge is 0.292 e. The first kappa shape index (κ1) is 14.9. The summed E-state index contributed by atoms with van der Waals surface area (Å²) in [5.41, 5.74) is 0.289. The third-order valence-electron chi connectivity index (χ3n) is 5.26. The van der Waals surface area contributed by atoms with E-state index in [0.717, 1.165) is 12.1 Å². The monoisotopic (exact) mass is 326 g/mol. The van der Waals surface area contributed by atoms with Crippen molar-refractivity contribution in [2.75, 3.05) is 24.5 Å². The molecule has 0 radical (unpaired) electrons. The highest BCUT2D eigenvalue weighted by Crippen LogP contribution is 2.46. The van der Waals surface area contributed by atoms with Crippen LogP contribution < -0.4 is 4.90 Å².